The van der Waals surface area contributed by atoms with E-state index in [-0.39, 0.29) is 6.61 Å². The van der Waals surface area contributed by atoms with Crippen molar-refractivity contribution in [3.63, 3.8) is 0 Å². The Morgan fingerprint density at radius 3 is 2.64 bits per heavy atom. The summed E-state index contributed by atoms with van der Waals surface area (Å²) in [6, 6.07) is 0. The highest BCUT2D eigenvalue weighted by atomic mass is 16.5. The van der Waals surface area contributed by atoms with E-state index in [1.807, 2.05) is 0 Å². The second kappa shape index (κ2) is 8.17. The van der Waals surface area contributed by atoms with Crippen molar-refractivity contribution in [3.8, 4) is 0 Å². The Labute approximate surface area is 86.2 Å². The fourth-order valence-electron chi connectivity index (χ4n) is 1.65. The van der Waals surface area contributed by atoms with Crippen LogP contribution in [0.3, 0.4) is 0 Å². The molecule has 1 aliphatic heterocycles. The molecule has 4 nitrogen and oxygen atoms in total. The molecule has 0 aromatic rings. The second-order valence-corrected chi connectivity index (χ2v) is 3.63. The van der Waals surface area contributed by atoms with Crippen LogP contribution in [0.4, 0.5) is 0 Å². The largest absolute Gasteiger partial charge is 0.395 e. The van der Waals surface area contributed by atoms with Crippen LogP contribution in [0.1, 0.15) is 12.8 Å². The van der Waals surface area contributed by atoms with Gasteiger partial charge >= 0.3 is 0 Å². The number of rotatable bonds is 8. The summed E-state index contributed by atoms with van der Waals surface area (Å²) in [7, 11) is 0. The van der Waals surface area contributed by atoms with Gasteiger partial charge in [-0.15, -0.1) is 0 Å². The molecule has 84 valence electrons. The monoisotopic (exact) mass is 202 g/mol. The molecule has 1 rings (SSSR count). The molecule has 1 aliphatic rings. The van der Waals surface area contributed by atoms with Crippen molar-refractivity contribution in [2.24, 2.45) is 0 Å². The van der Waals surface area contributed by atoms with Crippen molar-refractivity contribution in [2.45, 2.75) is 12.8 Å². The number of ether oxygens (including phenoxy) is 1. The summed E-state index contributed by atoms with van der Waals surface area (Å²) >= 11 is 0. The molecule has 2 N–H and O–H groups in total. The normalized spacial score (nSPS) is 17.8. The molecule has 0 radical (unpaired) electrons. The first-order chi connectivity index (χ1) is 6.93. The van der Waals surface area contributed by atoms with Gasteiger partial charge in [-0.2, -0.15) is 0 Å². The summed E-state index contributed by atoms with van der Waals surface area (Å²) in [5, 5.41) is 11.6. The molecule has 0 atom stereocenters. The molecule has 1 fully saturated rings. The third-order valence-electron chi connectivity index (χ3n) is 2.46. The molecular weight excluding hydrogens is 180 g/mol. The lowest BCUT2D eigenvalue weighted by atomic mass is 10.4. The molecular formula is C10H22N2O2. The van der Waals surface area contributed by atoms with E-state index in [2.05, 4.69) is 10.2 Å². The lowest BCUT2D eigenvalue weighted by Crippen LogP contribution is -2.27. The molecule has 0 spiro atoms. The van der Waals surface area contributed by atoms with Crippen molar-refractivity contribution < 1.29 is 9.84 Å². The van der Waals surface area contributed by atoms with Gasteiger partial charge in [-0.3, -0.25) is 0 Å². The molecule has 4 heteroatoms. The summed E-state index contributed by atoms with van der Waals surface area (Å²) in [4.78, 5) is 2.45. The highest BCUT2D eigenvalue weighted by Crippen LogP contribution is 2.05. The van der Waals surface area contributed by atoms with Crippen LogP contribution in [0, 0.1) is 0 Å². The zero-order chi connectivity index (χ0) is 10.1. The zero-order valence-corrected chi connectivity index (χ0v) is 8.87. The van der Waals surface area contributed by atoms with Gasteiger partial charge in [0.25, 0.3) is 0 Å². The Kier molecular flexibility index (Phi) is 6.95. The van der Waals surface area contributed by atoms with Crippen molar-refractivity contribution in [2.75, 3.05) is 52.5 Å². The van der Waals surface area contributed by atoms with Crippen LogP contribution < -0.4 is 5.32 Å². The minimum absolute atomic E-state index is 0.202. The predicted octanol–water partition coefficient (Wildman–Crippen LogP) is -0.319. The van der Waals surface area contributed by atoms with E-state index in [4.69, 9.17) is 9.84 Å². The number of aliphatic hydroxyl groups is 1. The fraction of sp³-hybridized carbons (Fsp3) is 1.00. The van der Waals surface area contributed by atoms with Gasteiger partial charge in [0.1, 0.15) is 0 Å². The van der Waals surface area contributed by atoms with E-state index >= 15 is 0 Å². The number of nitrogens with zero attached hydrogens (tertiary/aromatic N) is 1. The first-order valence-electron chi connectivity index (χ1n) is 5.55. The standard InChI is InChI=1S/C10H22N2O2/c13-8-3-11-4-9-14-10-7-12-5-1-2-6-12/h11,13H,1-10H2. The van der Waals surface area contributed by atoms with Crippen molar-refractivity contribution in [3.05, 3.63) is 0 Å². The summed E-state index contributed by atoms with van der Waals surface area (Å²) in [5.41, 5.74) is 0. The summed E-state index contributed by atoms with van der Waals surface area (Å²) < 4.78 is 5.46. The Morgan fingerprint density at radius 1 is 1.14 bits per heavy atom. The topological polar surface area (TPSA) is 44.7 Å². The predicted molar refractivity (Wildman–Crippen MR) is 56.4 cm³/mol. The minimum atomic E-state index is 0.202. The first kappa shape index (κ1) is 11.9. The van der Waals surface area contributed by atoms with Gasteiger partial charge in [0.2, 0.25) is 0 Å². The molecule has 0 saturated carbocycles. The molecule has 0 aromatic heterocycles. The van der Waals surface area contributed by atoms with Crippen molar-refractivity contribution >= 4 is 0 Å². The van der Waals surface area contributed by atoms with Crippen LogP contribution in [0.5, 0.6) is 0 Å². The summed E-state index contributed by atoms with van der Waals surface area (Å²) in [5.74, 6) is 0. The first-order valence-corrected chi connectivity index (χ1v) is 5.55. The van der Waals surface area contributed by atoms with Crippen LogP contribution in [0.15, 0.2) is 0 Å². The van der Waals surface area contributed by atoms with E-state index in [0.717, 1.165) is 26.3 Å². The zero-order valence-electron chi connectivity index (χ0n) is 8.87. The highest BCUT2D eigenvalue weighted by Gasteiger charge is 2.09. The Hall–Kier alpha value is -0.160. The molecule has 1 saturated heterocycles. The highest BCUT2D eigenvalue weighted by molar-refractivity contribution is 4.65. The van der Waals surface area contributed by atoms with E-state index < -0.39 is 0 Å². The Bertz CT molecular complexity index is 127. The average molecular weight is 202 g/mol. The molecule has 0 aliphatic carbocycles. The smallest absolute Gasteiger partial charge is 0.0594 e. The maximum atomic E-state index is 8.50. The van der Waals surface area contributed by atoms with Gasteiger partial charge in [0.15, 0.2) is 0 Å². The molecule has 0 unspecified atom stereocenters. The number of hydrogen-bond acceptors (Lipinski definition) is 4. The molecule has 0 bridgehead atoms. The molecule has 1 heterocycles. The van der Waals surface area contributed by atoms with E-state index in [1.165, 1.54) is 25.9 Å². The number of nitrogens with one attached hydrogen (secondary N) is 1. The summed E-state index contributed by atoms with van der Waals surface area (Å²) in [6.07, 6.45) is 2.69. The van der Waals surface area contributed by atoms with Gasteiger partial charge < -0.3 is 20.1 Å². The van der Waals surface area contributed by atoms with E-state index in [1.54, 1.807) is 0 Å². The van der Waals surface area contributed by atoms with Gasteiger partial charge in [-0.1, -0.05) is 0 Å². The lowest BCUT2D eigenvalue weighted by Gasteiger charge is -2.14. The van der Waals surface area contributed by atoms with Gasteiger partial charge in [-0.25, -0.2) is 0 Å². The third kappa shape index (κ3) is 5.54. The average Bonchev–Trinajstić information content (AvgIpc) is 2.69. The van der Waals surface area contributed by atoms with Crippen molar-refractivity contribution in [1.29, 1.82) is 0 Å². The molecule has 0 aromatic carbocycles. The maximum Gasteiger partial charge on any atom is 0.0594 e. The van der Waals surface area contributed by atoms with E-state index in [0.29, 0.717) is 6.54 Å². The van der Waals surface area contributed by atoms with Gasteiger partial charge in [0, 0.05) is 19.6 Å². The van der Waals surface area contributed by atoms with Crippen LogP contribution in [-0.4, -0.2) is 62.6 Å². The lowest BCUT2D eigenvalue weighted by molar-refractivity contribution is 0.112. The van der Waals surface area contributed by atoms with Crippen LogP contribution in [0.2, 0.25) is 0 Å². The SMILES string of the molecule is OCCNCCOCCN1CCCC1. The molecule has 0 amide bonds. The van der Waals surface area contributed by atoms with E-state index in [9.17, 15) is 0 Å². The number of likely N-dealkylation sites (tertiary alicyclic amines) is 1. The Balaban J connectivity index is 1.75. The van der Waals surface area contributed by atoms with Crippen LogP contribution in [-0.2, 0) is 4.74 Å². The summed E-state index contributed by atoms with van der Waals surface area (Å²) in [6.45, 7) is 6.83. The van der Waals surface area contributed by atoms with Crippen molar-refractivity contribution in [1.82, 2.24) is 10.2 Å². The van der Waals surface area contributed by atoms with Gasteiger partial charge in [0.05, 0.1) is 19.8 Å². The van der Waals surface area contributed by atoms with Crippen LogP contribution in [0.25, 0.3) is 0 Å². The Morgan fingerprint density at radius 2 is 1.93 bits per heavy atom. The second-order valence-electron chi connectivity index (χ2n) is 3.63. The van der Waals surface area contributed by atoms with Gasteiger partial charge in [-0.05, 0) is 25.9 Å². The third-order valence-corrected chi connectivity index (χ3v) is 2.46. The molecule has 14 heavy (non-hydrogen) atoms. The maximum absolute atomic E-state index is 8.50. The number of aliphatic hydroxyl groups excluding tert-OH is 1. The minimum Gasteiger partial charge on any atom is -0.395 e. The number of hydrogen-bond donors (Lipinski definition) is 2. The fourth-order valence-corrected chi connectivity index (χ4v) is 1.65. The quantitative estimate of drug-likeness (QED) is 0.530. The van der Waals surface area contributed by atoms with Crippen LogP contribution >= 0.6 is 0 Å².